The Labute approximate surface area is 172 Å². The Hall–Kier alpha value is -2.54. The molecular weight excluding hydrogens is 424 g/mol. The highest BCUT2D eigenvalue weighted by Gasteiger charge is 2.35. The summed E-state index contributed by atoms with van der Waals surface area (Å²) in [5, 5.41) is 2.91. The topological polar surface area (TPSA) is 67.9 Å². The zero-order chi connectivity index (χ0) is 20.1. The van der Waals surface area contributed by atoms with Gasteiger partial charge in [0, 0.05) is 29.2 Å². The summed E-state index contributed by atoms with van der Waals surface area (Å²) in [5.74, 6) is 0.524. The number of nitrogens with one attached hydrogen (secondary N) is 1. The first-order chi connectivity index (χ1) is 13.5. The Balaban J connectivity index is 1.74. The van der Waals surface area contributed by atoms with Gasteiger partial charge in [0.25, 0.3) is 0 Å². The summed E-state index contributed by atoms with van der Waals surface area (Å²) in [7, 11) is 0. The van der Waals surface area contributed by atoms with Gasteiger partial charge in [-0.25, -0.2) is 0 Å². The molecule has 2 aromatic rings. The monoisotopic (exact) mass is 446 g/mol. The molecule has 1 heterocycles. The van der Waals surface area contributed by atoms with Gasteiger partial charge in [-0.05, 0) is 44.2 Å². The van der Waals surface area contributed by atoms with Crippen molar-refractivity contribution in [3.63, 3.8) is 0 Å². The van der Waals surface area contributed by atoms with Crippen LogP contribution in [-0.2, 0) is 9.59 Å². The lowest BCUT2D eigenvalue weighted by Crippen LogP contribution is -2.28. The van der Waals surface area contributed by atoms with E-state index in [2.05, 4.69) is 21.2 Å². The fourth-order valence-electron chi connectivity index (χ4n) is 3.16. The highest BCUT2D eigenvalue weighted by atomic mass is 79.9. The van der Waals surface area contributed by atoms with Crippen LogP contribution in [0.15, 0.2) is 46.9 Å². The predicted molar refractivity (Wildman–Crippen MR) is 112 cm³/mol. The summed E-state index contributed by atoms with van der Waals surface area (Å²) in [6.45, 7) is 5.13. The summed E-state index contributed by atoms with van der Waals surface area (Å²) >= 11 is 3.42. The molecule has 0 aromatic heterocycles. The molecule has 1 aliphatic heterocycles. The molecule has 2 aromatic carbocycles. The minimum atomic E-state index is -0.434. The molecule has 1 unspecified atom stereocenters. The fraction of sp³-hybridized carbons (Fsp3) is 0.333. The van der Waals surface area contributed by atoms with Crippen molar-refractivity contribution >= 4 is 39.1 Å². The van der Waals surface area contributed by atoms with E-state index in [-0.39, 0.29) is 18.2 Å². The van der Waals surface area contributed by atoms with Crippen molar-refractivity contribution in [1.82, 2.24) is 0 Å². The van der Waals surface area contributed by atoms with Crippen LogP contribution in [0.4, 0.5) is 11.4 Å². The molecule has 1 fully saturated rings. The van der Waals surface area contributed by atoms with E-state index in [0.29, 0.717) is 36.9 Å². The molecule has 7 heteroatoms. The number of amides is 2. The lowest BCUT2D eigenvalue weighted by molar-refractivity contribution is -0.122. The normalized spacial score (nSPS) is 16.2. The number of hydrogen-bond acceptors (Lipinski definition) is 4. The number of carbonyl (C=O) groups excluding carboxylic acids is 2. The summed E-state index contributed by atoms with van der Waals surface area (Å²) in [6.07, 6.45) is 0.174. The third-order valence-electron chi connectivity index (χ3n) is 4.44. The van der Waals surface area contributed by atoms with Crippen molar-refractivity contribution in [1.29, 1.82) is 0 Å². The van der Waals surface area contributed by atoms with Crippen LogP contribution < -0.4 is 19.7 Å². The van der Waals surface area contributed by atoms with E-state index < -0.39 is 5.92 Å². The highest BCUT2D eigenvalue weighted by Crippen LogP contribution is 2.32. The lowest BCUT2D eigenvalue weighted by atomic mass is 10.1. The van der Waals surface area contributed by atoms with Gasteiger partial charge in [0.2, 0.25) is 11.8 Å². The molecule has 0 aliphatic carbocycles. The Morgan fingerprint density at radius 1 is 1.18 bits per heavy atom. The smallest absolute Gasteiger partial charge is 0.229 e. The summed E-state index contributed by atoms with van der Waals surface area (Å²) in [5.41, 5.74) is 1.33. The van der Waals surface area contributed by atoms with Gasteiger partial charge in [-0.2, -0.15) is 0 Å². The zero-order valence-corrected chi connectivity index (χ0v) is 17.5. The summed E-state index contributed by atoms with van der Waals surface area (Å²) in [6, 6.07) is 12.8. The number of ether oxygens (including phenoxy) is 2. The molecule has 2 amide bonds. The second-order valence-electron chi connectivity index (χ2n) is 6.40. The number of hydrogen-bond donors (Lipinski definition) is 1. The second-order valence-corrected chi connectivity index (χ2v) is 7.31. The molecule has 0 saturated carbocycles. The molecule has 1 saturated heterocycles. The second kappa shape index (κ2) is 9.10. The SMILES string of the molecule is CCOc1ccc(OCC)c(NC(=O)C2CC(=O)N(c3cccc(Br)c3)C2)c1. The first kappa shape index (κ1) is 20.2. The molecule has 1 aliphatic rings. The quantitative estimate of drug-likeness (QED) is 0.690. The Kier molecular flexibility index (Phi) is 6.57. The van der Waals surface area contributed by atoms with Gasteiger partial charge in [-0.3, -0.25) is 9.59 Å². The van der Waals surface area contributed by atoms with Crippen LogP contribution in [0, 0.1) is 5.92 Å². The molecule has 3 rings (SSSR count). The van der Waals surface area contributed by atoms with Gasteiger partial charge in [0.05, 0.1) is 24.8 Å². The molecular formula is C21H23BrN2O4. The highest BCUT2D eigenvalue weighted by molar-refractivity contribution is 9.10. The number of anilines is 2. The Morgan fingerprint density at radius 3 is 2.68 bits per heavy atom. The fourth-order valence-corrected chi connectivity index (χ4v) is 3.54. The van der Waals surface area contributed by atoms with E-state index in [1.165, 1.54) is 0 Å². The zero-order valence-electron chi connectivity index (χ0n) is 15.9. The van der Waals surface area contributed by atoms with E-state index in [9.17, 15) is 9.59 Å². The largest absolute Gasteiger partial charge is 0.494 e. The summed E-state index contributed by atoms with van der Waals surface area (Å²) < 4.78 is 12.0. The summed E-state index contributed by atoms with van der Waals surface area (Å²) in [4.78, 5) is 26.9. The lowest BCUT2D eigenvalue weighted by Gasteiger charge is -2.18. The average Bonchev–Trinajstić information content (AvgIpc) is 3.06. The van der Waals surface area contributed by atoms with Crippen LogP contribution in [0.3, 0.4) is 0 Å². The maximum atomic E-state index is 12.8. The first-order valence-electron chi connectivity index (χ1n) is 9.28. The van der Waals surface area contributed by atoms with Crippen LogP contribution in [0.25, 0.3) is 0 Å². The minimum Gasteiger partial charge on any atom is -0.494 e. The van der Waals surface area contributed by atoms with Crippen molar-refractivity contribution in [2.75, 3.05) is 30.0 Å². The number of nitrogens with zero attached hydrogens (tertiary/aromatic N) is 1. The van der Waals surface area contributed by atoms with Crippen LogP contribution in [0.1, 0.15) is 20.3 Å². The molecule has 0 spiro atoms. The number of halogens is 1. The number of benzene rings is 2. The number of carbonyl (C=O) groups is 2. The van der Waals surface area contributed by atoms with Gasteiger partial charge in [0.1, 0.15) is 11.5 Å². The Bertz CT molecular complexity index is 871. The van der Waals surface area contributed by atoms with E-state index in [4.69, 9.17) is 9.47 Å². The number of rotatable bonds is 7. The first-order valence-corrected chi connectivity index (χ1v) is 10.1. The van der Waals surface area contributed by atoms with Gasteiger partial charge in [0.15, 0.2) is 0 Å². The van der Waals surface area contributed by atoms with Crippen LogP contribution >= 0.6 is 15.9 Å². The molecule has 1 atom stereocenters. The Morgan fingerprint density at radius 2 is 1.96 bits per heavy atom. The van der Waals surface area contributed by atoms with Crippen LogP contribution in [0.5, 0.6) is 11.5 Å². The van der Waals surface area contributed by atoms with Crippen molar-refractivity contribution in [2.24, 2.45) is 5.92 Å². The van der Waals surface area contributed by atoms with Crippen LogP contribution in [0.2, 0.25) is 0 Å². The van der Waals surface area contributed by atoms with E-state index in [1.54, 1.807) is 23.1 Å². The average molecular weight is 447 g/mol. The van der Waals surface area contributed by atoms with Crippen molar-refractivity contribution in [2.45, 2.75) is 20.3 Å². The van der Waals surface area contributed by atoms with E-state index in [0.717, 1.165) is 10.2 Å². The molecule has 0 radical (unpaired) electrons. The molecule has 1 N–H and O–H groups in total. The minimum absolute atomic E-state index is 0.0636. The van der Waals surface area contributed by atoms with Gasteiger partial charge in [-0.15, -0.1) is 0 Å². The standard InChI is InChI=1S/C21H23BrN2O4/c1-3-27-17-8-9-19(28-4-2)18(12-17)23-21(26)14-10-20(25)24(13-14)16-7-5-6-15(22)11-16/h5-9,11-12,14H,3-4,10,13H2,1-2H3,(H,23,26). The third-order valence-corrected chi connectivity index (χ3v) is 4.93. The molecule has 28 heavy (non-hydrogen) atoms. The van der Waals surface area contributed by atoms with Crippen molar-refractivity contribution in [3.8, 4) is 11.5 Å². The molecule has 148 valence electrons. The third kappa shape index (κ3) is 4.65. The van der Waals surface area contributed by atoms with Gasteiger partial charge in [-0.1, -0.05) is 22.0 Å². The van der Waals surface area contributed by atoms with Crippen LogP contribution in [-0.4, -0.2) is 31.6 Å². The van der Waals surface area contributed by atoms with Crippen molar-refractivity contribution in [3.05, 3.63) is 46.9 Å². The maximum absolute atomic E-state index is 12.8. The van der Waals surface area contributed by atoms with E-state index in [1.807, 2.05) is 38.1 Å². The van der Waals surface area contributed by atoms with E-state index >= 15 is 0 Å². The molecule has 0 bridgehead atoms. The maximum Gasteiger partial charge on any atom is 0.229 e. The molecule has 6 nitrogen and oxygen atoms in total. The predicted octanol–water partition coefficient (Wildman–Crippen LogP) is 4.24. The van der Waals surface area contributed by atoms with Gasteiger partial charge >= 0.3 is 0 Å². The van der Waals surface area contributed by atoms with Crippen molar-refractivity contribution < 1.29 is 19.1 Å². The van der Waals surface area contributed by atoms with Gasteiger partial charge < -0.3 is 19.7 Å².